The molecule has 2 heteroatoms. The van der Waals surface area contributed by atoms with Crippen molar-refractivity contribution in [3.8, 4) is 0 Å². The Balaban J connectivity index is 3.23. The van der Waals surface area contributed by atoms with E-state index in [0.717, 1.165) is 16.0 Å². The second-order valence-corrected chi connectivity index (χ2v) is 4.17. The van der Waals surface area contributed by atoms with Gasteiger partial charge in [-0.25, -0.2) is 0 Å². The first-order valence-corrected chi connectivity index (χ1v) is 4.11. The molecule has 0 aliphatic carbocycles. The topological polar surface area (TPSA) is 26.9 Å². The van der Waals surface area contributed by atoms with Gasteiger partial charge in [0.15, 0.2) is 11.9 Å². The Morgan fingerprint density at radius 2 is 1.92 bits per heavy atom. The van der Waals surface area contributed by atoms with Gasteiger partial charge in [-0.3, -0.25) is 0 Å². The summed E-state index contributed by atoms with van der Waals surface area (Å²) < 4.78 is 0.937. The molecule has 66 valence electrons. The maximum Gasteiger partial charge on any atom is 0.198 e. The van der Waals surface area contributed by atoms with Crippen LogP contribution in [0.5, 0.6) is 0 Å². The van der Waals surface area contributed by atoms with Gasteiger partial charge in [0.25, 0.3) is 0 Å². The van der Waals surface area contributed by atoms with Gasteiger partial charge in [-0.2, -0.15) is 4.73 Å². The van der Waals surface area contributed by atoms with Gasteiger partial charge in [0.05, 0.1) is 0 Å². The summed E-state index contributed by atoms with van der Waals surface area (Å²) in [6.07, 6.45) is 1.57. The van der Waals surface area contributed by atoms with E-state index in [9.17, 15) is 5.21 Å². The van der Waals surface area contributed by atoms with E-state index in [1.165, 1.54) is 0 Å². The predicted octanol–water partition coefficient (Wildman–Crippen LogP) is 1.93. The third kappa shape index (κ3) is 1.76. The van der Waals surface area contributed by atoms with E-state index < -0.39 is 0 Å². The van der Waals surface area contributed by atoms with Crippen LogP contribution in [0.2, 0.25) is 0 Å². The first kappa shape index (κ1) is 9.04. The number of aryl methyl sites for hydroxylation is 1. The summed E-state index contributed by atoms with van der Waals surface area (Å²) in [4.78, 5) is 0. The highest BCUT2D eigenvalue weighted by atomic mass is 16.5. The molecule has 0 aromatic carbocycles. The number of rotatable bonds is 0. The fraction of sp³-hybridized carbons (Fsp3) is 0.500. The number of hydrogen-bond donors (Lipinski definition) is 0. The van der Waals surface area contributed by atoms with Crippen LogP contribution in [0.1, 0.15) is 32.0 Å². The summed E-state index contributed by atoms with van der Waals surface area (Å²) in [6, 6.07) is 3.76. The Hall–Kier alpha value is -1.05. The van der Waals surface area contributed by atoms with Gasteiger partial charge in [0.2, 0.25) is 0 Å². The van der Waals surface area contributed by atoms with Crippen LogP contribution in [0.3, 0.4) is 0 Å². The molecule has 1 heterocycles. The maximum absolute atomic E-state index is 11.3. The quantitative estimate of drug-likeness (QED) is 0.426. The Kier molecular flexibility index (Phi) is 2.09. The van der Waals surface area contributed by atoms with E-state index in [0.29, 0.717) is 0 Å². The summed E-state index contributed by atoms with van der Waals surface area (Å²) >= 11 is 0. The van der Waals surface area contributed by atoms with Crippen LogP contribution in [-0.2, 0) is 5.41 Å². The molecule has 1 rings (SSSR count). The van der Waals surface area contributed by atoms with Crippen LogP contribution < -0.4 is 4.73 Å². The average Bonchev–Trinajstić information content (AvgIpc) is 1.92. The molecule has 0 unspecified atom stereocenters. The summed E-state index contributed by atoms with van der Waals surface area (Å²) in [6.45, 7) is 8.11. The van der Waals surface area contributed by atoms with Gasteiger partial charge in [0.1, 0.15) is 0 Å². The van der Waals surface area contributed by atoms with Gasteiger partial charge < -0.3 is 5.21 Å². The van der Waals surface area contributed by atoms with Gasteiger partial charge in [0, 0.05) is 17.5 Å². The van der Waals surface area contributed by atoms with Crippen molar-refractivity contribution in [1.82, 2.24) is 0 Å². The molecule has 0 aliphatic heterocycles. The molecule has 0 spiro atoms. The van der Waals surface area contributed by atoms with E-state index in [1.807, 2.05) is 39.8 Å². The van der Waals surface area contributed by atoms with Crippen LogP contribution in [0.25, 0.3) is 0 Å². The smallest absolute Gasteiger partial charge is 0.198 e. The molecule has 1 aromatic heterocycles. The van der Waals surface area contributed by atoms with Gasteiger partial charge >= 0.3 is 0 Å². The SMILES string of the molecule is Cc1cc[n+]([O-])c(C(C)(C)C)c1. The van der Waals surface area contributed by atoms with Crippen molar-refractivity contribution in [2.75, 3.05) is 0 Å². The van der Waals surface area contributed by atoms with Crippen molar-refractivity contribution in [2.24, 2.45) is 0 Å². The van der Waals surface area contributed by atoms with Crippen molar-refractivity contribution < 1.29 is 4.73 Å². The highest BCUT2D eigenvalue weighted by Gasteiger charge is 2.22. The molecule has 0 aliphatic rings. The normalized spacial score (nSPS) is 11.7. The van der Waals surface area contributed by atoms with Crippen molar-refractivity contribution in [2.45, 2.75) is 33.1 Å². The van der Waals surface area contributed by atoms with Gasteiger partial charge in [-0.05, 0) is 12.5 Å². The lowest BCUT2D eigenvalue weighted by Gasteiger charge is -2.17. The van der Waals surface area contributed by atoms with Gasteiger partial charge in [-0.15, -0.1) is 0 Å². The minimum absolute atomic E-state index is 0.0756. The largest absolute Gasteiger partial charge is 0.618 e. The van der Waals surface area contributed by atoms with E-state index in [4.69, 9.17) is 0 Å². The predicted molar refractivity (Wildman–Crippen MR) is 48.8 cm³/mol. The molecule has 0 amide bonds. The molecule has 12 heavy (non-hydrogen) atoms. The van der Waals surface area contributed by atoms with E-state index >= 15 is 0 Å². The monoisotopic (exact) mass is 165 g/mol. The zero-order valence-corrected chi connectivity index (χ0v) is 8.09. The summed E-state index contributed by atoms with van der Waals surface area (Å²) in [5.41, 5.74) is 1.88. The van der Waals surface area contributed by atoms with Crippen molar-refractivity contribution in [1.29, 1.82) is 0 Å². The zero-order valence-electron chi connectivity index (χ0n) is 8.09. The Morgan fingerprint density at radius 3 is 2.33 bits per heavy atom. The molecule has 1 aromatic rings. The molecule has 2 nitrogen and oxygen atoms in total. The van der Waals surface area contributed by atoms with Crippen LogP contribution in [0.4, 0.5) is 0 Å². The molecule has 0 saturated carbocycles. The molecule has 0 saturated heterocycles. The highest BCUT2D eigenvalue weighted by Crippen LogP contribution is 2.18. The molecule has 0 N–H and O–H groups in total. The first-order chi connectivity index (χ1) is 5.41. The lowest BCUT2D eigenvalue weighted by molar-refractivity contribution is -0.617. The maximum atomic E-state index is 11.3. The lowest BCUT2D eigenvalue weighted by atomic mass is 9.91. The highest BCUT2D eigenvalue weighted by molar-refractivity contribution is 5.15. The van der Waals surface area contributed by atoms with Gasteiger partial charge in [-0.1, -0.05) is 20.8 Å². The summed E-state index contributed by atoms with van der Waals surface area (Å²) in [7, 11) is 0. The minimum Gasteiger partial charge on any atom is -0.618 e. The first-order valence-electron chi connectivity index (χ1n) is 4.11. The number of pyridine rings is 1. The number of aromatic nitrogens is 1. The van der Waals surface area contributed by atoms with Crippen molar-refractivity contribution in [3.05, 3.63) is 34.8 Å². The summed E-state index contributed by atoms with van der Waals surface area (Å²) in [5.74, 6) is 0. The number of nitrogens with zero attached hydrogens (tertiary/aromatic N) is 1. The second kappa shape index (κ2) is 2.77. The van der Waals surface area contributed by atoms with E-state index in [1.54, 1.807) is 6.20 Å². The Morgan fingerprint density at radius 1 is 1.33 bits per heavy atom. The number of hydrogen-bond acceptors (Lipinski definition) is 1. The van der Waals surface area contributed by atoms with E-state index in [2.05, 4.69) is 0 Å². The fourth-order valence-corrected chi connectivity index (χ4v) is 1.14. The Bertz CT molecular complexity index is 286. The van der Waals surface area contributed by atoms with Crippen LogP contribution in [0, 0.1) is 12.1 Å². The fourth-order valence-electron chi connectivity index (χ4n) is 1.14. The lowest BCUT2D eigenvalue weighted by Crippen LogP contribution is -2.37. The average molecular weight is 165 g/mol. The molecule has 0 fully saturated rings. The minimum atomic E-state index is -0.0756. The molecule has 0 atom stereocenters. The molecule has 0 radical (unpaired) electrons. The van der Waals surface area contributed by atoms with Crippen LogP contribution in [-0.4, -0.2) is 0 Å². The zero-order chi connectivity index (χ0) is 9.35. The summed E-state index contributed by atoms with van der Waals surface area (Å²) in [5, 5.41) is 11.3. The third-order valence-electron chi connectivity index (χ3n) is 1.84. The standard InChI is InChI=1S/C10H15NO/c1-8-5-6-11(12)9(7-8)10(2,3)4/h5-7H,1-4H3. The third-order valence-corrected chi connectivity index (χ3v) is 1.84. The van der Waals surface area contributed by atoms with Crippen LogP contribution >= 0.6 is 0 Å². The second-order valence-electron chi connectivity index (χ2n) is 4.17. The molecular formula is C10H15NO. The van der Waals surface area contributed by atoms with Crippen molar-refractivity contribution >= 4 is 0 Å². The van der Waals surface area contributed by atoms with Crippen molar-refractivity contribution in [3.63, 3.8) is 0 Å². The van der Waals surface area contributed by atoms with E-state index in [-0.39, 0.29) is 5.41 Å². The Labute approximate surface area is 73.4 Å². The van der Waals surface area contributed by atoms with Crippen LogP contribution in [0.15, 0.2) is 18.3 Å². The molecular weight excluding hydrogens is 150 g/mol. The molecule has 0 bridgehead atoms.